The van der Waals surface area contributed by atoms with Crippen molar-refractivity contribution < 1.29 is 17.2 Å². The van der Waals surface area contributed by atoms with Crippen LogP contribution in [0.4, 0.5) is 5.69 Å². The molecule has 0 aliphatic rings. The number of hydrogen-bond acceptors (Lipinski definition) is 4. The van der Waals surface area contributed by atoms with Crippen molar-refractivity contribution in [1.82, 2.24) is 4.98 Å². The number of aromatic amines is 1. The third-order valence-electron chi connectivity index (χ3n) is 4.37. The van der Waals surface area contributed by atoms with E-state index in [1.54, 1.807) is 54.6 Å². The molecule has 0 spiro atoms. The predicted octanol–water partition coefficient (Wildman–Crippen LogP) is 4.73. The number of H-pyrrole nitrogens is 1. The first-order valence-corrected chi connectivity index (χ1v) is 12.3. The lowest BCUT2D eigenvalue weighted by Gasteiger charge is -2.06. The van der Waals surface area contributed by atoms with Crippen LogP contribution in [0, 0.1) is 0 Å². The third kappa shape index (κ3) is 4.57. The smallest absolute Gasteiger partial charge is 0.325 e. The van der Waals surface area contributed by atoms with E-state index in [1.165, 1.54) is 16.1 Å². The topological polar surface area (TPSA) is 82.9 Å². The van der Waals surface area contributed by atoms with Gasteiger partial charge in [0, 0.05) is 5.69 Å². The zero-order valence-electron chi connectivity index (χ0n) is 15.9. The molecular formula is C21H16Cl2N3O3S2+. The molecule has 0 aliphatic heterocycles. The average molecular weight is 493 g/mol. The summed E-state index contributed by atoms with van der Waals surface area (Å²) < 4.78 is 27.9. The van der Waals surface area contributed by atoms with Crippen molar-refractivity contribution in [1.29, 1.82) is 0 Å². The van der Waals surface area contributed by atoms with Crippen molar-refractivity contribution in [3.05, 3.63) is 82.8 Å². The number of para-hydroxylation sites is 2. The Balaban J connectivity index is 1.63. The Morgan fingerprint density at radius 1 is 0.968 bits per heavy atom. The SMILES string of the molecule is O=C(CSc1[nH]c2ccccc2[n+]1S(=O)(=O)c1ccccc1)Nc1ccc(Cl)c(Cl)c1. The number of imidazole rings is 1. The van der Waals surface area contributed by atoms with Crippen LogP contribution in [0.2, 0.25) is 10.0 Å². The summed E-state index contributed by atoms with van der Waals surface area (Å²) in [6.45, 7) is 0. The van der Waals surface area contributed by atoms with Crippen molar-refractivity contribution in [3.8, 4) is 0 Å². The number of fused-ring (bicyclic) bond motifs is 1. The number of nitrogens with one attached hydrogen (secondary N) is 2. The Labute approximate surface area is 193 Å². The largest absolute Gasteiger partial charge is 0.336 e. The highest BCUT2D eigenvalue weighted by atomic mass is 35.5. The fourth-order valence-electron chi connectivity index (χ4n) is 2.97. The van der Waals surface area contributed by atoms with Gasteiger partial charge in [-0.2, -0.15) is 8.42 Å². The van der Waals surface area contributed by atoms with E-state index < -0.39 is 10.0 Å². The van der Waals surface area contributed by atoms with E-state index >= 15 is 0 Å². The van der Waals surface area contributed by atoms with E-state index in [0.717, 1.165) is 11.8 Å². The summed E-state index contributed by atoms with van der Waals surface area (Å²) >= 11 is 13.0. The predicted molar refractivity (Wildman–Crippen MR) is 123 cm³/mol. The Bertz CT molecular complexity index is 1370. The standard InChI is InChI=1S/C21H15Cl2N3O3S2/c22-16-11-10-14(12-17(16)23)24-20(27)13-30-21-25-18-8-4-5-9-19(18)26(21)31(28,29)15-6-2-1-3-7-15/h1-12H,13H2,(H,24,27)/p+1. The van der Waals surface area contributed by atoms with E-state index in [1.807, 2.05) is 6.07 Å². The minimum absolute atomic E-state index is 0.0165. The monoisotopic (exact) mass is 492 g/mol. The Hall–Kier alpha value is -2.52. The molecule has 31 heavy (non-hydrogen) atoms. The van der Waals surface area contributed by atoms with Gasteiger partial charge in [0.15, 0.2) is 11.0 Å². The number of amides is 1. The number of halogens is 2. The maximum Gasteiger partial charge on any atom is 0.336 e. The average Bonchev–Trinajstić information content (AvgIpc) is 3.15. The number of rotatable bonds is 6. The fourth-order valence-corrected chi connectivity index (χ4v) is 5.85. The molecule has 4 aromatic rings. The number of benzene rings is 3. The van der Waals surface area contributed by atoms with E-state index in [-0.39, 0.29) is 16.6 Å². The first-order chi connectivity index (χ1) is 14.9. The van der Waals surface area contributed by atoms with Crippen molar-refractivity contribution in [2.24, 2.45) is 0 Å². The Kier molecular flexibility index (Phi) is 6.24. The molecule has 0 saturated heterocycles. The zero-order chi connectivity index (χ0) is 22.0. The van der Waals surface area contributed by atoms with Gasteiger partial charge in [-0.15, -0.1) is 3.97 Å². The number of aromatic nitrogens is 2. The molecule has 0 radical (unpaired) electrons. The molecule has 2 N–H and O–H groups in total. The molecule has 0 aliphatic carbocycles. The maximum atomic E-state index is 13.3. The summed E-state index contributed by atoms with van der Waals surface area (Å²) in [5.41, 5.74) is 1.65. The summed E-state index contributed by atoms with van der Waals surface area (Å²) in [7, 11) is -3.87. The second kappa shape index (κ2) is 8.92. The first-order valence-electron chi connectivity index (χ1n) is 9.07. The van der Waals surface area contributed by atoms with Crippen LogP contribution < -0.4 is 9.29 Å². The van der Waals surface area contributed by atoms with Gasteiger partial charge in [0.05, 0.1) is 15.8 Å². The van der Waals surface area contributed by atoms with Gasteiger partial charge in [-0.05, 0) is 54.2 Å². The van der Waals surface area contributed by atoms with Crippen LogP contribution in [-0.2, 0) is 14.8 Å². The van der Waals surface area contributed by atoms with Crippen molar-refractivity contribution in [2.75, 3.05) is 11.1 Å². The molecular weight excluding hydrogens is 477 g/mol. The highest BCUT2D eigenvalue weighted by molar-refractivity contribution is 8.00. The summed E-state index contributed by atoms with van der Waals surface area (Å²) in [4.78, 5) is 15.7. The van der Waals surface area contributed by atoms with Crippen molar-refractivity contribution in [2.45, 2.75) is 10.1 Å². The molecule has 0 bridgehead atoms. The number of carbonyl (C=O) groups is 1. The normalized spacial score (nSPS) is 11.5. The second-order valence-corrected chi connectivity index (χ2v) is 10.1. The lowest BCUT2D eigenvalue weighted by atomic mass is 10.3. The van der Waals surface area contributed by atoms with Gasteiger partial charge >= 0.3 is 15.2 Å². The van der Waals surface area contributed by atoms with Gasteiger partial charge < -0.3 is 5.32 Å². The van der Waals surface area contributed by atoms with Gasteiger partial charge in [0.2, 0.25) is 5.91 Å². The quantitative estimate of drug-likeness (QED) is 0.301. The number of carbonyl (C=O) groups excluding carboxylic acids is 1. The van der Waals surface area contributed by atoms with Gasteiger partial charge in [0.25, 0.3) is 0 Å². The Morgan fingerprint density at radius 2 is 1.68 bits per heavy atom. The van der Waals surface area contributed by atoms with Crippen LogP contribution in [-0.4, -0.2) is 25.1 Å². The minimum atomic E-state index is -3.87. The molecule has 0 atom stereocenters. The number of anilines is 1. The van der Waals surface area contributed by atoms with Gasteiger partial charge in [0.1, 0.15) is 4.90 Å². The van der Waals surface area contributed by atoms with Crippen LogP contribution in [0.3, 0.4) is 0 Å². The van der Waals surface area contributed by atoms with E-state index in [0.29, 0.717) is 31.9 Å². The molecule has 0 unspecified atom stereocenters. The van der Waals surface area contributed by atoms with E-state index in [4.69, 9.17) is 23.2 Å². The summed E-state index contributed by atoms with van der Waals surface area (Å²) in [6.07, 6.45) is 0. The second-order valence-electron chi connectivity index (χ2n) is 6.50. The first kappa shape index (κ1) is 21.7. The van der Waals surface area contributed by atoms with Crippen LogP contribution in [0.1, 0.15) is 0 Å². The lowest BCUT2D eigenvalue weighted by Crippen LogP contribution is -2.44. The molecule has 1 aromatic heterocycles. The molecule has 6 nitrogen and oxygen atoms in total. The van der Waals surface area contributed by atoms with Gasteiger partial charge in [-0.1, -0.05) is 53.5 Å². The Morgan fingerprint density at radius 3 is 2.42 bits per heavy atom. The van der Waals surface area contributed by atoms with Gasteiger partial charge in [-0.25, -0.2) is 4.98 Å². The summed E-state index contributed by atoms with van der Waals surface area (Å²) in [6, 6.07) is 20.0. The molecule has 158 valence electrons. The molecule has 1 amide bonds. The highest BCUT2D eigenvalue weighted by Crippen LogP contribution is 2.26. The summed E-state index contributed by atoms with van der Waals surface area (Å²) in [5, 5.41) is 3.77. The molecule has 3 aromatic carbocycles. The van der Waals surface area contributed by atoms with Crippen molar-refractivity contribution >= 4 is 67.6 Å². The number of nitrogens with zero attached hydrogens (tertiary/aromatic N) is 1. The van der Waals surface area contributed by atoms with Crippen LogP contribution >= 0.6 is 35.0 Å². The van der Waals surface area contributed by atoms with E-state index in [2.05, 4.69) is 10.3 Å². The molecule has 1 heterocycles. The zero-order valence-corrected chi connectivity index (χ0v) is 19.0. The molecule has 4 rings (SSSR count). The highest BCUT2D eigenvalue weighted by Gasteiger charge is 2.31. The molecule has 0 saturated carbocycles. The number of thioether (sulfide) groups is 1. The molecule has 0 fully saturated rings. The molecule has 10 heteroatoms. The number of hydrogen-bond donors (Lipinski definition) is 2. The lowest BCUT2D eigenvalue weighted by molar-refractivity contribution is -0.526. The van der Waals surface area contributed by atoms with Crippen LogP contribution in [0.5, 0.6) is 0 Å². The van der Waals surface area contributed by atoms with Crippen LogP contribution in [0.15, 0.2) is 82.8 Å². The maximum absolute atomic E-state index is 13.3. The fraction of sp³-hybridized carbons (Fsp3) is 0.0476. The minimum Gasteiger partial charge on any atom is -0.325 e. The van der Waals surface area contributed by atoms with Crippen LogP contribution in [0.25, 0.3) is 11.0 Å². The van der Waals surface area contributed by atoms with E-state index in [9.17, 15) is 13.2 Å². The van der Waals surface area contributed by atoms with Gasteiger partial charge in [-0.3, -0.25) is 4.79 Å². The van der Waals surface area contributed by atoms with Crippen molar-refractivity contribution in [3.63, 3.8) is 0 Å². The summed E-state index contributed by atoms with van der Waals surface area (Å²) in [5.74, 6) is -0.331. The third-order valence-corrected chi connectivity index (χ3v) is 7.92.